The van der Waals surface area contributed by atoms with Crippen LogP contribution < -0.4 is 5.32 Å². The van der Waals surface area contributed by atoms with E-state index in [-0.39, 0.29) is 17.2 Å². The van der Waals surface area contributed by atoms with Crippen molar-refractivity contribution in [2.75, 3.05) is 33.1 Å². The fourth-order valence-electron chi connectivity index (χ4n) is 4.64. The third-order valence-electron chi connectivity index (χ3n) is 7.04. The van der Waals surface area contributed by atoms with E-state index in [1.165, 1.54) is 17.0 Å². The summed E-state index contributed by atoms with van der Waals surface area (Å²) in [5, 5.41) is 4.94. The summed E-state index contributed by atoms with van der Waals surface area (Å²) in [5.74, 6) is -1.28. The van der Waals surface area contributed by atoms with Crippen molar-refractivity contribution in [3.05, 3.63) is 63.7 Å². The van der Waals surface area contributed by atoms with Crippen molar-refractivity contribution in [3.63, 3.8) is 0 Å². The monoisotopic (exact) mass is 535 g/mol. The van der Waals surface area contributed by atoms with E-state index in [4.69, 9.17) is 16.4 Å². The van der Waals surface area contributed by atoms with Crippen LogP contribution in [0.5, 0.6) is 0 Å². The molecule has 1 aliphatic rings. The van der Waals surface area contributed by atoms with E-state index >= 15 is 0 Å². The number of piperidine rings is 1. The highest BCUT2D eigenvalue weighted by Gasteiger charge is 2.47. The van der Waals surface area contributed by atoms with Gasteiger partial charge in [0.15, 0.2) is 9.84 Å². The summed E-state index contributed by atoms with van der Waals surface area (Å²) < 4.78 is 25.7. The van der Waals surface area contributed by atoms with Gasteiger partial charge < -0.3 is 15.1 Å². The molecule has 1 aliphatic heterocycles. The Morgan fingerprint density at radius 3 is 2.17 bits per heavy atom. The van der Waals surface area contributed by atoms with Gasteiger partial charge in [-0.25, -0.2) is 8.42 Å². The fraction of sp³-hybridized carbons (Fsp3) is 0.462. The number of halogens is 1. The Kier molecular flexibility index (Phi) is 8.82. The molecule has 10 heteroatoms. The standard InChI is InChI=1S/C26H34ClN3O5S/c1-18-6-8-22(9-7-18)36(33,34)17-28-25(32)26(10-12-30(35-5)13-11-26)29(4)24(31)16-23-19(2)14-21(27)15-20(23)3/h6-9,14-15H,10-13,16-17H2,1-5H3,(H,28,32). The van der Waals surface area contributed by atoms with Crippen LogP contribution in [0.1, 0.15) is 35.1 Å². The molecule has 36 heavy (non-hydrogen) atoms. The van der Waals surface area contributed by atoms with Crippen LogP contribution in [0.4, 0.5) is 0 Å². The summed E-state index contributed by atoms with van der Waals surface area (Å²) in [4.78, 5) is 34.0. The Bertz CT molecular complexity index is 1200. The maximum atomic E-state index is 13.6. The van der Waals surface area contributed by atoms with E-state index in [1.807, 2.05) is 32.9 Å². The minimum absolute atomic E-state index is 0.107. The van der Waals surface area contributed by atoms with E-state index in [1.54, 1.807) is 31.4 Å². The lowest BCUT2D eigenvalue weighted by Gasteiger charge is -2.45. The van der Waals surface area contributed by atoms with E-state index in [0.717, 1.165) is 22.3 Å². The van der Waals surface area contributed by atoms with Gasteiger partial charge in [0.25, 0.3) is 0 Å². The number of hydroxylamine groups is 2. The summed E-state index contributed by atoms with van der Waals surface area (Å²) in [6.07, 6.45) is 0.714. The van der Waals surface area contributed by atoms with E-state index in [9.17, 15) is 18.0 Å². The fourth-order valence-corrected chi connectivity index (χ4v) is 6.00. The van der Waals surface area contributed by atoms with Crippen LogP contribution in [-0.2, 0) is 30.7 Å². The second kappa shape index (κ2) is 11.3. The number of amides is 2. The molecule has 0 bridgehead atoms. The minimum atomic E-state index is -3.75. The molecular formula is C26H34ClN3O5S. The first kappa shape index (κ1) is 28.1. The van der Waals surface area contributed by atoms with Crippen molar-refractivity contribution < 1.29 is 22.8 Å². The highest BCUT2D eigenvalue weighted by molar-refractivity contribution is 7.91. The molecule has 2 aromatic rings. The molecule has 0 aromatic heterocycles. The normalized spacial score (nSPS) is 15.9. The van der Waals surface area contributed by atoms with Crippen LogP contribution in [-0.4, -0.2) is 68.9 Å². The number of likely N-dealkylation sites (N-methyl/N-ethyl adjacent to an activating group) is 1. The second-order valence-electron chi connectivity index (χ2n) is 9.37. The number of carbonyl (C=O) groups excluding carboxylic acids is 2. The Labute approximate surface area is 218 Å². The summed E-state index contributed by atoms with van der Waals surface area (Å²) in [6.45, 7) is 6.51. The van der Waals surface area contributed by atoms with E-state index in [0.29, 0.717) is 31.0 Å². The number of sulfone groups is 1. The molecule has 0 aliphatic carbocycles. The van der Waals surface area contributed by atoms with Gasteiger partial charge in [-0.1, -0.05) is 29.3 Å². The number of aryl methyl sites for hydroxylation is 3. The lowest BCUT2D eigenvalue weighted by molar-refractivity contribution is -0.173. The molecule has 0 spiro atoms. The predicted octanol–water partition coefficient (Wildman–Crippen LogP) is 3.21. The van der Waals surface area contributed by atoms with Gasteiger partial charge in [0.05, 0.1) is 18.4 Å². The number of hydrogen-bond acceptors (Lipinski definition) is 6. The van der Waals surface area contributed by atoms with Gasteiger partial charge in [-0.15, -0.1) is 0 Å². The van der Waals surface area contributed by atoms with Crippen molar-refractivity contribution >= 4 is 33.3 Å². The first-order valence-electron chi connectivity index (χ1n) is 11.8. The van der Waals surface area contributed by atoms with Gasteiger partial charge in [0, 0.05) is 25.2 Å². The van der Waals surface area contributed by atoms with Gasteiger partial charge in [0.1, 0.15) is 11.4 Å². The van der Waals surface area contributed by atoms with Crippen molar-refractivity contribution in [2.45, 2.75) is 50.5 Å². The van der Waals surface area contributed by atoms with Crippen LogP contribution in [0.2, 0.25) is 5.02 Å². The van der Waals surface area contributed by atoms with Gasteiger partial charge in [0.2, 0.25) is 11.8 Å². The maximum Gasteiger partial charge on any atom is 0.246 e. The Hall–Kier alpha value is -2.46. The largest absolute Gasteiger partial charge is 0.340 e. The Morgan fingerprint density at radius 2 is 1.64 bits per heavy atom. The van der Waals surface area contributed by atoms with Crippen molar-refractivity contribution in [3.8, 4) is 0 Å². The molecule has 1 saturated heterocycles. The van der Waals surface area contributed by atoms with E-state index < -0.39 is 27.2 Å². The molecule has 1 fully saturated rings. The Balaban J connectivity index is 1.83. The van der Waals surface area contributed by atoms with Crippen LogP contribution in [0.25, 0.3) is 0 Å². The molecule has 8 nitrogen and oxygen atoms in total. The molecule has 1 heterocycles. The molecule has 2 aromatic carbocycles. The maximum absolute atomic E-state index is 13.6. The molecular weight excluding hydrogens is 502 g/mol. The van der Waals surface area contributed by atoms with Crippen LogP contribution in [0, 0.1) is 20.8 Å². The smallest absolute Gasteiger partial charge is 0.246 e. The molecule has 2 amide bonds. The van der Waals surface area contributed by atoms with Crippen molar-refractivity contribution in [1.82, 2.24) is 15.3 Å². The quantitative estimate of drug-likeness (QED) is 0.557. The number of benzene rings is 2. The Morgan fingerprint density at radius 1 is 1.08 bits per heavy atom. The third-order valence-corrected chi connectivity index (χ3v) is 8.77. The summed E-state index contributed by atoms with van der Waals surface area (Å²) in [5.41, 5.74) is 2.40. The number of rotatable bonds is 8. The zero-order valence-corrected chi connectivity index (χ0v) is 23.0. The first-order chi connectivity index (χ1) is 16.9. The van der Waals surface area contributed by atoms with Crippen LogP contribution in [0.15, 0.2) is 41.3 Å². The molecule has 0 saturated carbocycles. The number of nitrogens with zero attached hydrogens (tertiary/aromatic N) is 2. The molecule has 0 unspecified atom stereocenters. The van der Waals surface area contributed by atoms with Crippen molar-refractivity contribution in [1.29, 1.82) is 0 Å². The zero-order chi connectivity index (χ0) is 26.7. The van der Waals surface area contributed by atoms with Crippen LogP contribution >= 0.6 is 11.6 Å². The summed E-state index contributed by atoms with van der Waals surface area (Å²) >= 11 is 6.14. The lowest BCUT2D eigenvalue weighted by Crippen LogP contribution is -2.64. The van der Waals surface area contributed by atoms with Gasteiger partial charge in [-0.2, -0.15) is 5.06 Å². The molecule has 1 N–H and O–H groups in total. The van der Waals surface area contributed by atoms with E-state index in [2.05, 4.69) is 5.32 Å². The predicted molar refractivity (Wildman–Crippen MR) is 139 cm³/mol. The number of nitrogens with one attached hydrogen (secondary N) is 1. The van der Waals surface area contributed by atoms with Gasteiger partial charge in [-0.3, -0.25) is 9.59 Å². The molecule has 196 valence electrons. The molecule has 0 radical (unpaired) electrons. The highest BCUT2D eigenvalue weighted by Crippen LogP contribution is 2.30. The number of hydrogen-bond donors (Lipinski definition) is 1. The lowest BCUT2D eigenvalue weighted by atomic mass is 9.84. The zero-order valence-electron chi connectivity index (χ0n) is 21.4. The second-order valence-corrected chi connectivity index (χ2v) is 11.8. The van der Waals surface area contributed by atoms with Gasteiger partial charge in [-0.05, 0) is 74.6 Å². The SMILES string of the molecule is CON1CCC(C(=O)NCS(=O)(=O)c2ccc(C)cc2)(N(C)C(=O)Cc2c(C)cc(Cl)cc2C)CC1. The average molecular weight is 536 g/mol. The minimum Gasteiger partial charge on any atom is -0.340 e. The highest BCUT2D eigenvalue weighted by atomic mass is 35.5. The van der Waals surface area contributed by atoms with Gasteiger partial charge >= 0.3 is 0 Å². The summed E-state index contributed by atoms with van der Waals surface area (Å²) in [7, 11) is -0.578. The molecule has 0 atom stereocenters. The average Bonchev–Trinajstić information content (AvgIpc) is 2.84. The van der Waals surface area contributed by atoms with Crippen molar-refractivity contribution in [2.24, 2.45) is 0 Å². The number of carbonyl (C=O) groups is 2. The van der Waals surface area contributed by atoms with Crippen LogP contribution in [0.3, 0.4) is 0 Å². The first-order valence-corrected chi connectivity index (χ1v) is 13.8. The topological polar surface area (TPSA) is 96.0 Å². The molecule has 3 rings (SSSR count). The summed E-state index contributed by atoms with van der Waals surface area (Å²) in [6, 6.07) is 10.1. The third kappa shape index (κ3) is 6.08.